The van der Waals surface area contributed by atoms with Crippen LogP contribution in [0.15, 0.2) is 24.0 Å². The van der Waals surface area contributed by atoms with E-state index in [1.54, 1.807) is 11.8 Å². The highest BCUT2D eigenvalue weighted by molar-refractivity contribution is 5.06. The van der Waals surface area contributed by atoms with Crippen LogP contribution in [0.2, 0.25) is 0 Å². The van der Waals surface area contributed by atoms with Crippen LogP contribution < -0.4 is 5.32 Å². The number of hydrogen-bond acceptors (Lipinski definition) is 3. The van der Waals surface area contributed by atoms with Gasteiger partial charge in [-0.1, -0.05) is 23.8 Å². The first-order chi connectivity index (χ1) is 8.24. The fraction of sp³-hybridized carbons (Fsp3) is 0.692. The van der Waals surface area contributed by atoms with Crippen molar-refractivity contribution in [2.24, 2.45) is 11.8 Å². The summed E-state index contributed by atoms with van der Waals surface area (Å²) in [5, 5.41) is 11.2. The second kappa shape index (κ2) is 5.96. The molecule has 1 aromatic rings. The Balaban J connectivity index is 1.64. The molecule has 0 bridgehead atoms. The summed E-state index contributed by atoms with van der Waals surface area (Å²) < 4.78 is 1.86. The summed E-state index contributed by atoms with van der Waals surface area (Å²) in [6.45, 7) is 7.54. The first kappa shape index (κ1) is 12.3. The molecule has 1 aliphatic rings. The molecule has 4 nitrogen and oxygen atoms in total. The Kier molecular flexibility index (Phi) is 4.31. The maximum absolute atomic E-state index is 3.94. The van der Waals surface area contributed by atoms with Crippen molar-refractivity contribution >= 4 is 0 Å². The molecule has 1 heterocycles. The zero-order valence-electron chi connectivity index (χ0n) is 10.8. The fourth-order valence-electron chi connectivity index (χ4n) is 2.69. The first-order valence-corrected chi connectivity index (χ1v) is 6.46. The van der Waals surface area contributed by atoms with E-state index in [-0.39, 0.29) is 0 Å². The van der Waals surface area contributed by atoms with Crippen molar-refractivity contribution in [3.63, 3.8) is 0 Å². The first-order valence-electron chi connectivity index (χ1n) is 6.46. The van der Waals surface area contributed by atoms with Gasteiger partial charge in [0, 0.05) is 12.7 Å². The maximum atomic E-state index is 3.94. The molecule has 94 valence electrons. The van der Waals surface area contributed by atoms with Crippen LogP contribution in [0, 0.1) is 11.8 Å². The van der Waals surface area contributed by atoms with E-state index in [0.29, 0.717) is 0 Å². The van der Waals surface area contributed by atoms with Gasteiger partial charge < -0.3 is 5.32 Å². The van der Waals surface area contributed by atoms with Crippen molar-refractivity contribution in [3.05, 3.63) is 24.0 Å². The average Bonchev–Trinajstić information content (AvgIpc) is 2.76. The smallest absolute Gasteiger partial charge is 0.0692 e. The van der Waals surface area contributed by atoms with Crippen LogP contribution in [-0.4, -0.2) is 28.1 Å². The highest BCUT2D eigenvalue weighted by Crippen LogP contribution is 2.26. The number of hydrogen-bond donors (Lipinski definition) is 1. The molecule has 0 aromatic carbocycles. The number of nitrogens with one attached hydrogen (secondary N) is 1. The largest absolute Gasteiger partial charge is 0.315 e. The highest BCUT2D eigenvalue weighted by atomic mass is 15.4. The Morgan fingerprint density at radius 2 is 2.41 bits per heavy atom. The van der Waals surface area contributed by atoms with Crippen LogP contribution in [-0.2, 0) is 6.54 Å². The minimum absolute atomic E-state index is 0.742. The van der Waals surface area contributed by atoms with Gasteiger partial charge in [0.2, 0.25) is 0 Å². The molecule has 1 N–H and O–H groups in total. The average molecular weight is 234 g/mol. The summed E-state index contributed by atoms with van der Waals surface area (Å²) in [6, 6.07) is 0. The Labute approximate surface area is 103 Å². The van der Waals surface area contributed by atoms with Crippen LogP contribution in [0.1, 0.15) is 26.7 Å². The van der Waals surface area contributed by atoms with E-state index >= 15 is 0 Å². The third-order valence-electron chi connectivity index (χ3n) is 3.31. The Morgan fingerprint density at radius 1 is 1.53 bits per heavy atom. The summed E-state index contributed by atoms with van der Waals surface area (Å²) in [5.41, 5.74) is 1.55. The molecular formula is C13H22N4. The Morgan fingerprint density at radius 3 is 3.12 bits per heavy atom. The van der Waals surface area contributed by atoms with E-state index in [1.165, 1.54) is 12.8 Å². The van der Waals surface area contributed by atoms with Crippen LogP contribution >= 0.6 is 0 Å². The molecule has 0 saturated heterocycles. The number of rotatable bonds is 5. The summed E-state index contributed by atoms with van der Waals surface area (Å²) in [4.78, 5) is 0. The Bertz CT molecular complexity index is 356. The molecule has 0 aliphatic heterocycles. The molecule has 1 aromatic heterocycles. The lowest BCUT2D eigenvalue weighted by Crippen LogP contribution is -2.28. The standard InChI is InChI=1S/C13H22N4/c1-11-7-12(2)9-13(8-11)10-14-3-5-17-6-4-15-16-17/h4,6-7,11,13-14H,3,5,8-10H2,1-2H3. The minimum atomic E-state index is 0.742. The molecule has 17 heavy (non-hydrogen) atoms. The van der Waals surface area contributed by atoms with Crippen LogP contribution in [0.4, 0.5) is 0 Å². The van der Waals surface area contributed by atoms with E-state index in [2.05, 4.69) is 35.6 Å². The van der Waals surface area contributed by atoms with Crippen LogP contribution in [0.25, 0.3) is 0 Å². The second-order valence-corrected chi connectivity index (χ2v) is 5.17. The lowest BCUT2D eigenvalue weighted by molar-refractivity contribution is 0.376. The van der Waals surface area contributed by atoms with Crippen molar-refractivity contribution in [2.75, 3.05) is 13.1 Å². The monoisotopic (exact) mass is 234 g/mol. The number of allylic oxidation sites excluding steroid dienone is 2. The Hall–Kier alpha value is -1.16. The molecule has 2 atom stereocenters. The van der Waals surface area contributed by atoms with Gasteiger partial charge in [0.15, 0.2) is 0 Å². The van der Waals surface area contributed by atoms with E-state index in [0.717, 1.165) is 31.5 Å². The fourth-order valence-corrected chi connectivity index (χ4v) is 2.69. The summed E-state index contributed by atoms with van der Waals surface area (Å²) in [7, 11) is 0. The molecule has 0 amide bonds. The van der Waals surface area contributed by atoms with Gasteiger partial charge in [-0.15, -0.1) is 5.10 Å². The van der Waals surface area contributed by atoms with Crippen LogP contribution in [0.5, 0.6) is 0 Å². The van der Waals surface area contributed by atoms with Gasteiger partial charge in [-0.25, -0.2) is 0 Å². The molecule has 0 spiro atoms. The van der Waals surface area contributed by atoms with Gasteiger partial charge in [0.05, 0.1) is 12.7 Å². The molecule has 1 aliphatic carbocycles. The highest BCUT2D eigenvalue weighted by Gasteiger charge is 2.17. The van der Waals surface area contributed by atoms with E-state index in [9.17, 15) is 0 Å². The van der Waals surface area contributed by atoms with Gasteiger partial charge in [-0.05, 0) is 38.1 Å². The van der Waals surface area contributed by atoms with Crippen LogP contribution in [0.3, 0.4) is 0 Å². The number of aromatic nitrogens is 3. The summed E-state index contributed by atoms with van der Waals surface area (Å²) in [6.07, 6.45) is 8.59. The van der Waals surface area contributed by atoms with Gasteiger partial charge in [0.1, 0.15) is 0 Å². The quantitative estimate of drug-likeness (QED) is 0.624. The van der Waals surface area contributed by atoms with Crippen molar-refractivity contribution in [2.45, 2.75) is 33.2 Å². The van der Waals surface area contributed by atoms with E-state index < -0.39 is 0 Å². The topological polar surface area (TPSA) is 42.7 Å². The normalized spacial score (nSPS) is 24.7. The molecular weight excluding hydrogens is 212 g/mol. The predicted octanol–water partition coefficient (Wildman–Crippen LogP) is 1.86. The minimum Gasteiger partial charge on any atom is -0.315 e. The SMILES string of the molecule is CC1=CC(C)CC(CNCCn2ccnn2)C1. The van der Waals surface area contributed by atoms with Crippen molar-refractivity contribution < 1.29 is 0 Å². The van der Waals surface area contributed by atoms with Gasteiger partial charge in [-0.2, -0.15) is 0 Å². The predicted molar refractivity (Wildman–Crippen MR) is 68.5 cm³/mol. The molecule has 0 fully saturated rings. The molecule has 2 unspecified atom stereocenters. The molecule has 0 radical (unpaired) electrons. The second-order valence-electron chi connectivity index (χ2n) is 5.17. The van der Waals surface area contributed by atoms with Crippen molar-refractivity contribution in [1.82, 2.24) is 20.3 Å². The third kappa shape index (κ3) is 3.97. The van der Waals surface area contributed by atoms with Crippen molar-refractivity contribution in [1.29, 1.82) is 0 Å². The molecule has 2 rings (SSSR count). The summed E-state index contributed by atoms with van der Waals surface area (Å²) in [5.74, 6) is 1.54. The molecule has 0 saturated carbocycles. The van der Waals surface area contributed by atoms with Gasteiger partial charge >= 0.3 is 0 Å². The third-order valence-corrected chi connectivity index (χ3v) is 3.31. The van der Waals surface area contributed by atoms with E-state index in [1.807, 2.05) is 10.9 Å². The number of nitrogens with zero attached hydrogens (tertiary/aromatic N) is 3. The summed E-state index contributed by atoms with van der Waals surface area (Å²) >= 11 is 0. The van der Waals surface area contributed by atoms with Gasteiger partial charge in [0.25, 0.3) is 0 Å². The zero-order valence-corrected chi connectivity index (χ0v) is 10.8. The van der Waals surface area contributed by atoms with Gasteiger partial charge in [-0.3, -0.25) is 4.68 Å². The zero-order chi connectivity index (χ0) is 12.1. The molecule has 4 heteroatoms. The van der Waals surface area contributed by atoms with Crippen molar-refractivity contribution in [3.8, 4) is 0 Å². The van der Waals surface area contributed by atoms with E-state index in [4.69, 9.17) is 0 Å². The maximum Gasteiger partial charge on any atom is 0.0692 e. The lowest BCUT2D eigenvalue weighted by Gasteiger charge is -2.25. The lowest BCUT2D eigenvalue weighted by atomic mass is 9.84.